The molecule has 0 aliphatic carbocycles. The SMILES string of the molecule is COC(=O)/C=C1/Nc2ccccc2SC1C(=O)OC. The zero-order chi connectivity index (χ0) is 13.8. The van der Waals surface area contributed by atoms with Gasteiger partial charge < -0.3 is 14.8 Å². The fourth-order valence-corrected chi connectivity index (χ4v) is 2.77. The highest BCUT2D eigenvalue weighted by Crippen LogP contribution is 2.39. The molecule has 1 heterocycles. The molecule has 1 aromatic rings. The standard InChI is InChI=1S/C13H13NO4S/c1-17-11(15)7-9-12(13(16)18-2)19-10-6-4-3-5-8(10)14-9/h3-7,12,14H,1-2H3/b9-7+. The van der Waals surface area contributed by atoms with Crippen LogP contribution in [0, 0.1) is 0 Å². The van der Waals surface area contributed by atoms with Gasteiger partial charge in [-0.2, -0.15) is 0 Å². The normalized spacial score (nSPS) is 19.3. The number of carbonyl (C=O) groups excluding carboxylic acids is 2. The molecule has 0 saturated heterocycles. The van der Waals surface area contributed by atoms with Crippen molar-refractivity contribution in [1.82, 2.24) is 0 Å². The van der Waals surface area contributed by atoms with E-state index in [0.29, 0.717) is 5.70 Å². The van der Waals surface area contributed by atoms with Crippen molar-refractivity contribution in [2.45, 2.75) is 10.1 Å². The highest BCUT2D eigenvalue weighted by molar-refractivity contribution is 8.01. The molecule has 0 bridgehead atoms. The van der Waals surface area contributed by atoms with Crippen molar-refractivity contribution >= 4 is 29.4 Å². The Balaban J connectivity index is 2.37. The molecule has 100 valence electrons. The summed E-state index contributed by atoms with van der Waals surface area (Å²) in [5.41, 5.74) is 1.31. The summed E-state index contributed by atoms with van der Waals surface area (Å²) in [6, 6.07) is 7.54. The van der Waals surface area contributed by atoms with E-state index in [-0.39, 0.29) is 0 Å². The first kappa shape index (κ1) is 13.5. The number of anilines is 1. The average Bonchev–Trinajstić information content (AvgIpc) is 2.45. The number of carbonyl (C=O) groups is 2. The molecule has 2 rings (SSSR count). The first-order chi connectivity index (χ1) is 9.15. The van der Waals surface area contributed by atoms with Crippen molar-refractivity contribution < 1.29 is 19.1 Å². The highest BCUT2D eigenvalue weighted by Gasteiger charge is 2.31. The van der Waals surface area contributed by atoms with Crippen LogP contribution in [-0.4, -0.2) is 31.4 Å². The number of fused-ring (bicyclic) bond motifs is 1. The fraction of sp³-hybridized carbons (Fsp3) is 0.231. The summed E-state index contributed by atoms with van der Waals surface area (Å²) in [4.78, 5) is 24.1. The third-order valence-electron chi connectivity index (χ3n) is 2.58. The summed E-state index contributed by atoms with van der Waals surface area (Å²) in [6.45, 7) is 0. The van der Waals surface area contributed by atoms with Gasteiger partial charge >= 0.3 is 11.9 Å². The number of methoxy groups -OCH3 is 2. The molecule has 0 spiro atoms. The van der Waals surface area contributed by atoms with Crippen LogP contribution in [-0.2, 0) is 19.1 Å². The lowest BCUT2D eigenvalue weighted by molar-refractivity contribution is -0.139. The topological polar surface area (TPSA) is 64.6 Å². The first-order valence-corrected chi connectivity index (χ1v) is 6.43. The number of para-hydroxylation sites is 1. The number of benzene rings is 1. The summed E-state index contributed by atoms with van der Waals surface area (Å²) in [5, 5.41) is 2.47. The number of nitrogens with one attached hydrogen (secondary N) is 1. The van der Waals surface area contributed by atoms with E-state index >= 15 is 0 Å². The number of hydrogen-bond acceptors (Lipinski definition) is 6. The van der Waals surface area contributed by atoms with Crippen LogP contribution in [0.25, 0.3) is 0 Å². The molecule has 19 heavy (non-hydrogen) atoms. The lowest BCUT2D eigenvalue weighted by Crippen LogP contribution is -2.29. The Hall–Kier alpha value is -1.95. The number of esters is 2. The maximum atomic E-state index is 11.8. The molecule has 1 N–H and O–H groups in total. The molecule has 0 radical (unpaired) electrons. The molecule has 1 aliphatic rings. The Kier molecular flexibility index (Phi) is 4.11. The minimum absolute atomic E-state index is 0.415. The van der Waals surface area contributed by atoms with Crippen molar-refractivity contribution in [2.24, 2.45) is 0 Å². The van der Waals surface area contributed by atoms with Gasteiger partial charge in [-0.1, -0.05) is 12.1 Å². The van der Waals surface area contributed by atoms with Gasteiger partial charge in [0.1, 0.15) is 5.25 Å². The smallest absolute Gasteiger partial charge is 0.332 e. The number of ether oxygens (including phenoxy) is 2. The molecule has 0 saturated carbocycles. The predicted octanol–water partition coefficient (Wildman–Crippen LogP) is 1.80. The maximum Gasteiger partial charge on any atom is 0.332 e. The minimum Gasteiger partial charge on any atom is -0.468 e. The Morgan fingerprint density at radius 1 is 1.26 bits per heavy atom. The van der Waals surface area contributed by atoms with E-state index in [1.807, 2.05) is 24.3 Å². The van der Waals surface area contributed by atoms with Crippen molar-refractivity contribution in [1.29, 1.82) is 0 Å². The van der Waals surface area contributed by atoms with Crippen LogP contribution in [0.2, 0.25) is 0 Å². The van der Waals surface area contributed by atoms with Crippen LogP contribution in [0.3, 0.4) is 0 Å². The van der Waals surface area contributed by atoms with Gasteiger partial charge in [-0.3, -0.25) is 4.79 Å². The van der Waals surface area contributed by atoms with Gasteiger partial charge in [0, 0.05) is 16.7 Å². The van der Waals surface area contributed by atoms with Crippen LogP contribution in [0.1, 0.15) is 0 Å². The van der Waals surface area contributed by atoms with Crippen LogP contribution >= 0.6 is 11.8 Å². The van der Waals surface area contributed by atoms with Crippen molar-refractivity contribution in [3.63, 3.8) is 0 Å². The van der Waals surface area contributed by atoms with Crippen LogP contribution in [0.15, 0.2) is 40.9 Å². The maximum absolute atomic E-state index is 11.8. The van der Waals surface area contributed by atoms with E-state index in [9.17, 15) is 9.59 Å². The second-order valence-electron chi connectivity index (χ2n) is 3.77. The summed E-state index contributed by atoms with van der Waals surface area (Å²) in [5.74, 6) is -0.932. The van der Waals surface area contributed by atoms with Gasteiger partial charge in [0.2, 0.25) is 0 Å². The molecule has 5 nitrogen and oxygen atoms in total. The van der Waals surface area contributed by atoms with Crippen molar-refractivity contribution in [3.8, 4) is 0 Å². The molecule has 1 unspecified atom stereocenters. The van der Waals surface area contributed by atoms with E-state index in [1.165, 1.54) is 32.1 Å². The fourth-order valence-electron chi connectivity index (χ4n) is 1.66. The Morgan fingerprint density at radius 2 is 2.00 bits per heavy atom. The predicted molar refractivity (Wildman–Crippen MR) is 71.8 cm³/mol. The summed E-state index contributed by atoms with van der Waals surface area (Å²) in [7, 11) is 2.61. The molecule has 1 aliphatic heterocycles. The van der Waals surface area contributed by atoms with E-state index in [2.05, 4.69) is 10.1 Å². The van der Waals surface area contributed by atoms with E-state index in [4.69, 9.17) is 4.74 Å². The minimum atomic E-state index is -0.598. The summed E-state index contributed by atoms with van der Waals surface area (Å²) < 4.78 is 9.34. The molecule has 1 atom stereocenters. The number of thioether (sulfide) groups is 1. The van der Waals surface area contributed by atoms with Gasteiger partial charge in [0.15, 0.2) is 0 Å². The van der Waals surface area contributed by atoms with E-state index < -0.39 is 17.2 Å². The van der Waals surface area contributed by atoms with E-state index in [0.717, 1.165) is 10.6 Å². The molecule has 0 fully saturated rings. The second kappa shape index (κ2) is 5.79. The largest absolute Gasteiger partial charge is 0.468 e. The van der Waals surface area contributed by atoms with Crippen LogP contribution < -0.4 is 5.32 Å². The first-order valence-electron chi connectivity index (χ1n) is 5.55. The van der Waals surface area contributed by atoms with Crippen molar-refractivity contribution in [2.75, 3.05) is 19.5 Å². The Bertz CT molecular complexity index is 541. The van der Waals surface area contributed by atoms with Gasteiger partial charge in [-0.05, 0) is 12.1 Å². The second-order valence-corrected chi connectivity index (χ2v) is 4.91. The summed E-state index contributed by atoms with van der Waals surface area (Å²) >= 11 is 1.34. The summed E-state index contributed by atoms with van der Waals surface area (Å²) in [6.07, 6.45) is 1.27. The number of hydrogen-bond donors (Lipinski definition) is 1. The molecular formula is C13H13NO4S. The van der Waals surface area contributed by atoms with Crippen molar-refractivity contribution in [3.05, 3.63) is 36.0 Å². The zero-order valence-electron chi connectivity index (χ0n) is 10.5. The zero-order valence-corrected chi connectivity index (χ0v) is 11.3. The monoisotopic (exact) mass is 279 g/mol. The van der Waals surface area contributed by atoms with Gasteiger partial charge in [-0.25, -0.2) is 4.79 Å². The average molecular weight is 279 g/mol. The lowest BCUT2D eigenvalue weighted by Gasteiger charge is -2.26. The lowest BCUT2D eigenvalue weighted by atomic mass is 10.2. The quantitative estimate of drug-likeness (QED) is 0.658. The van der Waals surface area contributed by atoms with Gasteiger partial charge in [0.25, 0.3) is 0 Å². The number of rotatable bonds is 2. The molecule has 0 amide bonds. The van der Waals surface area contributed by atoms with Crippen LogP contribution in [0.4, 0.5) is 5.69 Å². The third-order valence-corrected chi connectivity index (χ3v) is 3.88. The van der Waals surface area contributed by atoms with Gasteiger partial charge in [0.05, 0.1) is 19.9 Å². The highest BCUT2D eigenvalue weighted by atomic mass is 32.2. The molecular weight excluding hydrogens is 266 g/mol. The third kappa shape index (κ3) is 2.90. The molecule has 1 aromatic carbocycles. The van der Waals surface area contributed by atoms with Crippen LogP contribution in [0.5, 0.6) is 0 Å². The Labute approximate surface area is 115 Å². The Morgan fingerprint density at radius 3 is 2.68 bits per heavy atom. The molecule has 0 aromatic heterocycles. The molecule has 6 heteroatoms. The van der Waals surface area contributed by atoms with Gasteiger partial charge in [-0.15, -0.1) is 11.8 Å². The van der Waals surface area contributed by atoms with E-state index in [1.54, 1.807) is 0 Å².